The van der Waals surface area contributed by atoms with Gasteiger partial charge in [-0.2, -0.15) is 4.98 Å². The zero-order valence-corrected chi connectivity index (χ0v) is 19.0. The number of hydrogen-bond donors (Lipinski definition) is 0. The van der Waals surface area contributed by atoms with E-state index in [0.29, 0.717) is 24.8 Å². The van der Waals surface area contributed by atoms with E-state index in [4.69, 9.17) is 14.0 Å². The number of aromatic nitrogens is 2. The van der Waals surface area contributed by atoms with Crippen molar-refractivity contribution >= 4 is 16.9 Å². The van der Waals surface area contributed by atoms with E-state index >= 15 is 0 Å². The van der Waals surface area contributed by atoms with Gasteiger partial charge in [0.2, 0.25) is 5.82 Å². The summed E-state index contributed by atoms with van der Waals surface area (Å²) in [5, 5.41) is 4.02. The van der Waals surface area contributed by atoms with Gasteiger partial charge < -0.3 is 18.9 Å². The molecular weight excluding hydrogens is 406 g/mol. The lowest BCUT2D eigenvalue weighted by atomic mass is 10.1. The molecule has 3 rings (SSSR count). The Bertz CT molecular complexity index is 914. The van der Waals surface area contributed by atoms with Gasteiger partial charge in [-0.25, -0.2) is 4.79 Å². The number of hydrogen-bond acceptors (Lipinski definition) is 7. The summed E-state index contributed by atoms with van der Waals surface area (Å²) in [5.41, 5.74) is 1.24. The van der Waals surface area contributed by atoms with Gasteiger partial charge in [0.25, 0.3) is 5.89 Å². The summed E-state index contributed by atoms with van der Waals surface area (Å²) in [4.78, 5) is 19.0. The van der Waals surface area contributed by atoms with Crippen LogP contribution >= 0.6 is 0 Å². The van der Waals surface area contributed by atoms with Gasteiger partial charge in [0.1, 0.15) is 12.2 Å². The first-order chi connectivity index (χ1) is 14.1. The minimum atomic E-state index is -1.03. The zero-order valence-electron chi connectivity index (χ0n) is 18.1. The number of carbonyl (C=O) groups excluding carboxylic acids is 1. The number of piperidine rings is 1. The van der Waals surface area contributed by atoms with Gasteiger partial charge in [-0.05, 0) is 64.3 Å². The lowest BCUT2D eigenvalue weighted by Crippen LogP contribution is -2.43. The molecule has 30 heavy (non-hydrogen) atoms. The number of nitrogens with zero attached hydrogens (tertiary/aromatic N) is 3. The minimum absolute atomic E-state index is 0.0279. The van der Waals surface area contributed by atoms with Crippen molar-refractivity contribution in [2.24, 2.45) is 0 Å². The molecule has 1 aromatic carbocycles. The molecule has 2 aromatic rings. The fourth-order valence-corrected chi connectivity index (χ4v) is 4.03. The first-order valence-electron chi connectivity index (χ1n) is 9.99. The average Bonchev–Trinajstić information content (AvgIpc) is 3.14. The molecule has 8 nitrogen and oxygen atoms in total. The maximum atomic E-state index is 12.1. The van der Waals surface area contributed by atoms with E-state index in [9.17, 15) is 9.00 Å². The molecule has 0 aliphatic carbocycles. The molecule has 0 saturated carbocycles. The Hall–Kier alpha value is -2.26. The van der Waals surface area contributed by atoms with Crippen molar-refractivity contribution in [1.82, 2.24) is 15.0 Å². The van der Waals surface area contributed by atoms with E-state index in [1.807, 2.05) is 45.9 Å². The highest BCUT2D eigenvalue weighted by atomic mass is 32.2. The molecule has 0 N–H and O–H groups in total. The van der Waals surface area contributed by atoms with Gasteiger partial charge in [-0.3, -0.25) is 4.21 Å². The maximum absolute atomic E-state index is 12.1. The lowest BCUT2D eigenvalue weighted by molar-refractivity contribution is -0.0231. The zero-order chi connectivity index (χ0) is 21.9. The van der Waals surface area contributed by atoms with Crippen molar-refractivity contribution in [2.75, 3.05) is 19.3 Å². The summed E-state index contributed by atoms with van der Waals surface area (Å²) >= 11 is 0. The number of benzene rings is 1. The number of likely N-dealkylation sites (tertiary alicyclic amines) is 1. The normalized spacial score (nSPS) is 16.5. The molecule has 1 aliphatic heterocycles. The quantitative estimate of drug-likeness (QED) is 0.707. The summed E-state index contributed by atoms with van der Waals surface area (Å²) in [6.07, 6.45) is 2.87. The molecule has 164 valence electrons. The van der Waals surface area contributed by atoms with Crippen molar-refractivity contribution in [1.29, 1.82) is 0 Å². The predicted octanol–water partition coefficient (Wildman–Crippen LogP) is 3.70. The lowest BCUT2D eigenvalue weighted by Gasteiger charge is -2.33. The summed E-state index contributed by atoms with van der Waals surface area (Å²) < 4.78 is 28.3. The Balaban J connectivity index is 1.50. The molecule has 1 amide bonds. The van der Waals surface area contributed by atoms with Crippen LogP contribution in [0.15, 0.2) is 27.6 Å². The van der Waals surface area contributed by atoms with Gasteiger partial charge >= 0.3 is 6.09 Å². The van der Waals surface area contributed by atoms with Crippen LogP contribution in [0.4, 0.5) is 4.79 Å². The second kappa shape index (κ2) is 9.26. The molecule has 0 bridgehead atoms. The summed E-state index contributed by atoms with van der Waals surface area (Å²) in [5.74, 6) is 0.880. The highest BCUT2D eigenvalue weighted by molar-refractivity contribution is 7.84. The highest BCUT2D eigenvalue weighted by Crippen LogP contribution is 2.23. The van der Waals surface area contributed by atoms with Gasteiger partial charge in [-0.1, -0.05) is 5.16 Å². The second-order valence-electron chi connectivity index (χ2n) is 8.42. The number of rotatable bonds is 5. The first kappa shape index (κ1) is 22.4. The van der Waals surface area contributed by atoms with Gasteiger partial charge in [0.05, 0.1) is 16.9 Å². The van der Waals surface area contributed by atoms with Crippen molar-refractivity contribution in [3.8, 4) is 11.4 Å². The average molecular weight is 436 g/mol. The molecule has 2 heterocycles. The summed E-state index contributed by atoms with van der Waals surface area (Å²) in [6.45, 7) is 8.91. The number of ether oxygens (including phenoxy) is 2. The number of aryl methyl sites for hydroxylation is 1. The number of carbonyl (C=O) groups is 1. The Morgan fingerprint density at radius 1 is 1.30 bits per heavy atom. The molecule has 1 atom stereocenters. The van der Waals surface area contributed by atoms with E-state index in [0.717, 1.165) is 28.9 Å². The molecule has 1 aromatic heterocycles. The Morgan fingerprint density at radius 2 is 2.00 bits per heavy atom. The standard InChI is InChI=1S/C21H29N3O5S/c1-14-12-15(6-7-17(14)30(5)26)19-22-18(29-23-19)13-27-16-8-10-24(11-9-16)20(25)28-21(2,3)4/h6-7,12,16H,8-11,13H2,1-5H3. The van der Waals surface area contributed by atoms with Crippen LogP contribution in [-0.4, -0.2) is 56.4 Å². The molecule has 1 aliphatic rings. The number of amides is 1. The maximum Gasteiger partial charge on any atom is 0.410 e. The molecule has 1 fully saturated rings. The molecule has 0 spiro atoms. The SMILES string of the molecule is Cc1cc(-c2noc(COC3CCN(C(=O)OC(C)(C)C)CC3)n2)ccc1S(C)=O. The monoisotopic (exact) mass is 435 g/mol. The largest absolute Gasteiger partial charge is 0.444 e. The third kappa shape index (κ3) is 5.89. The van der Waals surface area contributed by atoms with E-state index < -0.39 is 16.4 Å². The van der Waals surface area contributed by atoms with Crippen LogP contribution in [0.1, 0.15) is 45.1 Å². The van der Waals surface area contributed by atoms with Crippen LogP contribution < -0.4 is 0 Å². The topological polar surface area (TPSA) is 94.8 Å². The van der Waals surface area contributed by atoms with Crippen LogP contribution in [-0.2, 0) is 26.9 Å². The van der Waals surface area contributed by atoms with Crippen LogP contribution in [0.5, 0.6) is 0 Å². The third-order valence-corrected chi connectivity index (χ3v) is 5.82. The van der Waals surface area contributed by atoms with E-state index in [-0.39, 0.29) is 18.8 Å². The van der Waals surface area contributed by atoms with Gasteiger partial charge in [-0.15, -0.1) is 0 Å². The van der Waals surface area contributed by atoms with E-state index in [1.165, 1.54) is 0 Å². The molecule has 0 radical (unpaired) electrons. The molecular formula is C21H29N3O5S. The van der Waals surface area contributed by atoms with Crippen molar-refractivity contribution in [3.05, 3.63) is 29.7 Å². The fraction of sp³-hybridized carbons (Fsp3) is 0.571. The summed E-state index contributed by atoms with van der Waals surface area (Å²) in [7, 11) is -1.03. The van der Waals surface area contributed by atoms with E-state index in [1.54, 1.807) is 11.2 Å². The van der Waals surface area contributed by atoms with E-state index in [2.05, 4.69) is 10.1 Å². The van der Waals surface area contributed by atoms with Crippen molar-refractivity contribution in [3.63, 3.8) is 0 Å². The van der Waals surface area contributed by atoms with Crippen LogP contribution in [0.2, 0.25) is 0 Å². The van der Waals surface area contributed by atoms with Crippen LogP contribution in [0.3, 0.4) is 0 Å². The minimum Gasteiger partial charge on any atom is -0.444 e. The molecule has 1 saturated heterocycles. The Kier molecular flexibility index (Phi) is 6.92. The van der Waals surface area contributed by atoms with Crippen LogP contribution in [0.25, 0.3) is 11.4 Å². The predicted molar refractivity (Wildman–Crippen MR) is 112 cm³/mol. The third-order valence-electron chi connectivity index (χ3n) is 4.75. The summed E-state index contributed by atoms with van der Waals surface area (Å²) in [6, 6.07) is 5.57. The Labute approximate surface area is 179 Å². The molecule has 1 unspecified atom stereocenters. The Morgan fingerprint density at radius 3 is 2.60 bits per heavy atom. The molecule has 9 heteroatoms. The van der Waals surface area contributed by atoms with Gasteiger partial charge in [0, 0.05) is 29.8 Å². The fourth-order valence-electron chi connectivity index (χ4n) is 3.26. The first-order valence-corrected chi connectivity index (χ1v) is 11.5. The van der Waals surface area contributed by atoms with Gasteiger partial charge in [0.15, 0.2) is 0 Å². The van der Waals surface area contributed by atoms with Crippen molar-refractivity contribution < 1.29 is 23.0 Å². The highest BCUT2D eigenvalue weighted by Gasteiger charge is 2.27. The van der Waals surface area contributed by atoms with Crippen molar-refractivity contribution in [2.45, 2.75) is 63.7 Å². The van der Waals surface area contributed by atoms with Crippen LogP contribution in [0, 0.1) is 6.92 Å². The second-order valence-corrected chi connectivity index (χ2v) is 9.77. The smallest absolute Gasteiger partial charge is 0.410 e.